The van der Waals surface area contributed by atoms with Crippen LogP contribution in [0.25, 0.3) is 22.9 Å². The lowest BCUT2D eigenvalue weighted by molar-refractivity contribution is -0.339. The summed E-state index contributed by atoms with van der Waals surface area (Å²) in [6.45, 7) is 3.83. The number of hydrogen-bond donors (Lipinski definition) is 0. The Morgan fingerprint density at radius 2 is 2.00 bits per heavy atom. The van der Waals surface area contributed by atoms with Gasteiger partial charge in [0.05, 0.1) is 18.3 Å². The van der Waals surface area contributed by atoms with Crippen LogP contribution in [0.4, 0.5) is 13.2 Å². The number of halogens is 3. The number of hydrogen-bond acceptors (Lipinski definition) is 7. The first-order valence-corrected chi connectivity index (χ1v) is 10.1. The first-order chi connectivity index (χ1) is 15.7. The molecule has 0 N–H and O–H groups in total. The molecule has 0 fully saturated rings. The van der Waals surface area contributed by atoms with Gasteiger partial charge in [0.2, 0.25) is 11.6 Å². The molecular weight excluding hydrogens is 439 g/mol. The molecule has 5 rings (SSSR count). The van der Waals surface area contributed by atoms with Crippen LogP contribution in [0.2, 0.25) is 0 Å². The summed E-state index contributed by atoms with van der Waals surface area (Å²) in [5.74, 6) is 0.699. The van der Waals surface area contributed by atoms with Crippen LogP contribution in [-0.4, -0.2) is 46.8 Å². The zero-order valence-corrected chi connectivity index (χ0v) is 17.6. The first-order valence-electron chi connectivity index (χ1n) is 10.1. The van der Waals surface area contributed by atoms with Crippen LogP contribution >= 0.6 is 0 Å². The van der Waals surface area contributed by atoms with Gasteiger partial charge in [-0.1, -0.05) is 36.4 Å². The maximum atomic E-state index is 12.5. The van der Waals surface area contributed by atoms with Crippen molar-refractivity contribution in [2.24, 2.45) is 5.92 Å². The van der Waals surface area contributed by atoms with Gasteiger partial charge >= 0.3 is 6.36 Å². The van der Waals surface area contributed by atoms with Crippen molar-refractivity contribution < 1.29 is 22.4 Å². The number of nitrogens with zero attached hydrogens (tertiary/aromatic N) is 7. The van der Waals surface area contributed by atoms with Gasteiger partial charge in [0.25, 0.3) is 5.89 Å². The maximum absolute atomic E-state index is 12.5. The number of imidazole rings is 1. The van der Waals surface area contributed by atoms with Gasteiger partial charge in [-0.05, 0) is 19.1 Å². The van der Waals surface area contributed by atoms with Gasteiger partial charge < -0.3 is 8.92 Å². The molecule has 0 aromatic carbocycles. The summed E-state index contributed by atoms with van der Waals surface area (Å²) >= 11 is 0. The SMILES string of the molecule is Cc1nc(-c2nc(C3=CC(C)C(OC(F)(F)F)C=C3)no2)nn1Cc1cn2ccccc2n1. The number of fused-ring (bicyclic) bond motifs is 1. The molecule has 2 atom stereocenters. The third-order valence-electron chi connectivity index (χ3n) is 5.15. The van der Waals surface area contributed by atoms with E-state index in [9.17, 15) is 13.2 Å². The fraction of sp³-hybridized carbons (Fsp3) is 0.286. The van der Waals surface area contributed by atoms with E-state index >= 15 is 0 Å². The lowest BCUT2D eigenvalue weighted by Gasteiger charge is -2.23. The van der Waals surface area contributed by atoms with Gasteiger partial charge in [-0.15, -0.1) is 18.3 Å². The molecule has 33 heavy (non-hydrogen) atoms. The lowest BCUT2D eigenvalue weighted by Crippen LogP contribution is -2.28. The molecule has 0 saturated heterocycles. The minimum atomic E-state index is -4.71. The minimum Gasteiger partial charge on any atom is -0.330 e. The van der Waals surface area contributed by atoms with Crippen molar-refractivity contribution in [2.45, 2.75) is 32.9 Å². The fourth-order valence-corrected chi connectivity index (χ4v) is 3.57. The monoisotopic (exact) mass is 457 g/mol. The Hall–Kier alpha value is -3.80. The summed E-state index contributed by atoms with van der Waals surface area (Å²) in [6.07, 6.45) is 2.42. The highest BCUT2D eigenvalue weighted by Crippen LogP contribution is 2.30. The zero-order chi connectivity index (χ0) is 23.2. The van der Waals surface area contributed by atoms with Gasteiger partial charge in [-0.3, -0.25) is 4.74 Å². The predicted molar refractivity (Wildman–Crippen MR) is 110 cm³/mol. The van der Waals surface area contributed by atoms with Crippen molar-refractivity contribution >= 4 is 11.2 Å². The van der Waals surface area contributed by atoms with Crippen LogP contribution in [0, 0.1) is 12.8 Å². The number of aromatic nitrogens is 7. The van der Waals surface area contributed by atoms with Crippen LogP contribution in [0.15, 0.2) is 53.3 Å². The van der Waals surface area contributed by atoms with Crippen molar-refractivity contribution in [2.75, 3.05) is 0 Å². The summed E-state index contributed by atoms with van der Waals surface area (Å²) in [5, 5.41) is 8.38. The second-order valence-corrected chi connectivity index (χ2v) is 7.63. The van der Waals surface area contributed by atoms with E-state index in [2.05, 4.69) is 29.9 Å². The summed E-state index contributed by atoms with van der Waals surface area (Å²) < 4.78 is 50.6. The summed E-state index contributed by atoms with van der Waals surface area (Å²) in [4.78, 5) is 13.3. The number of alkyl halides is 3. The van der Waals surface area contributed by atoms with Crippen molar-refractivity contribution in [3.63, 3.8) is 0 Å². The molecular formula is C21H18F3N7O2. The quantitative estimate of drug-likeness (QED) is 0.449. The normalized spacial score (nSPS) is 18.8. The number of pyridine rings is 1. The third kappa shape index (κ3) is 4.42. The summed E-state index contributed by atoms with van der Waals surface area (Å²) in [6, 6.07) is 5.75. The van der Waals surface area contributed by atoms with E-state index in [0.717, 1.165) is 11.3 Å². The van der Waals surface area contributed by atoms with E-state index in [-0.39, 0.29) is 17.5 Å². The largest absolute Gasteiger partial charge is 0.523 e. The molecule has 2 unspecified atom stereocenters. The van der Waals surface area contributed by atoms with Gasteiger partial charge in [0.1, 0.15) is 11.5 Å². The molecule has 12 heteroatoms. The Balaban J connectivity index is 1.33. The molecule has 0 bridgehead atoms. The lowest BCUT2D eigenvalue weighted by atomic mass is 9.95. The topological polar surface area (TPSA) is 96.2 Å². The highest BCUT2D eigenvalue weighted by Gasteiger charge is 2.35. The Bertz CT molecular complexity index is 1330. The molecule has 0 saturated carbocycles. The van der Waals surface area contributed by atoms with Crippen LogP contribution in [-0.2, 0) is 11.3 Å². The molecule has 4 aromatic heterocycles. The van der Waals surface area contributed by atoms with E-state index in [0.29, 0.717) is 17.9 Å². The Morgan fingerprint density at radius 1 is 1.15 bits per heavy atom. The van der Waals surface area contributed by atoms with E-state index < -0.39 is 18.4 Å². The van der Waals surface area contributed by atoms with Gasteiger partial charge in [0, 0.05) is 23.9 Å². The molecule has 1 aliphatic carbocycles. The first kappa shape index (κ1) is 21.1. The number of ether oxygens (including phenoxy) is 1. The smallest absolute Gasteiger partial charge is 0.330 e. The second kappa shape index (κ2) is 7.96. The molecule has 0 radical (unpaired) electrons. The minimum absolute atomic E-state index is 0.109. The fourth-order valence-electron chi connectivity index (χ4n) is 3.57. The molecule has 1 aliphatic rings. The molecule has 9 nitrogen and oxygen atoms in total. The second-order valence-electron chi connectivity index (χ2n) is 7.63. The van der Waals surface area contributed by atoms with Crippen molar-refractivity contribution in [3.8, 4) is 11.7 Å². The zero-order valence-electron chi connectivity index (χ0n) is 17.6. The van der Waals surface area contributed by atoms with Crippen LogP contribution < -0.4 is 0 Å². The van der Waals surface area contributed by atoms with E-state index in [1.165, 1.54) is 12.2 Å². The predicted octanol–water partition coefficient (Wildman–Crippen LogP) is 3.83. The van der Waals surface area contributed by atoms with Crippen molar-refractivity contribution in [3.05, 3.63) is 66.2 Å². The van der Waals surface area contributed by atoms with Crippen molar-refractivity contribution in [1.29, 1.82) is 0 Å². The van der Waals surface area contributed by atoms with Crippen molar-refractivity contribution in [1.82, 2.24) is 34.3 Å². The average molecular weight is 457 g/mol. The highest BCUT2D eigenvalue weighted by atomic mass is 19.4. The number of rotatable bonds is 5. The summed E-state index contributed by atoms with van der Waals surface area (Å²) in [7, 11) is 0. The Kier molecular flexibility index (Phi) is 5.08. The molecule has 0 aliphatic heterocycles. The number of aryl methyl sites for hydroxylation is 1. The van der Waals surface area contributed by atoms with E-state index in [1.54, 1.807) is 24.6 Å². The van der Waals surface area contributed by atoms with Crippen LogP contribution in [0.3, 0.4) is 0 Å². The molecule has 4 heterocycles. The van der Waals surface area contributed by atoms with Gasteiger partial charge in [-0.25, -0.2) is 14.6 Å². The Morgan fingerprint density at radius 3 is 2.76 bits per heavy atom. The highest BCUT2D eigenvalue weighted by molar-refractivity contribution is 5.71. The molecule has 0 spiro atoms. The van der Waals surface area contributed by atoms with E-state index in [1.807, 2.05) is 35.0 Å². The van der Waals surface area contributed by atoms with Crippen LogP contribution in [0.1, 0.15) is 24.3 Å². The van der Waals surface area contributed by atoms with Crippen LogP contribution in [0.5, 0.6) is 0 Å². The maximum Gasteiger partial charge on any atom is 0.523 e. The third-order valence-corrected chi connectivity index (χ3v) is 5.15. The molecule has 4 aromatic rings. The molecule has 170 valence electrons. The van der Waals surface area contributed by atoms with Gasteiger partial charge in [-0.2, -0.15) is 4.98 Å². The van der Waals surface area contributed by atoms with Gasteiger partial charge in [0.15, 0.2) is 0 Å². The number of allylic oxidation sites excluding steroid dienone is 2. The Labute approximate surface area is 185 Å². The standard InChI is InChI=1S/C21H18F3N7O2/c1-12-9-14(6-7-16(12)32-21(22,23)24)18-27-20(33-29-18)19-25-13(2)31(28-19)11-15-10-30-8-4-3-5-17(30)26-15/h3-10,12,16H,11H2,1-2H3. The summed E-state index contributed by atoms with van der Waals surface area (Å²) in [5.41, 5.74) is 2.17. The average Bonchev–Trinajstić information content (AvgIpc) is 3.47. The van der Waals surface area contributed by atoms with E-state index in [4.69, 9.17) is 4.52 Å². The molecule has 0 amide bonds.